The Hall–Kier alpha value is -0.390. The Labute approximate surface area is 92.6 Å². The van der Waals surface area contributed by atoms with E-state index in [1.165, 1.54) is 4.31 Å². The van der Waals surface area contributed by atoms with Crippen molar-refractivity contribution in [2.24, 2.45) is 0 Å². The number of hydrogen-bond acceptors (Lipinski definition) is 3. The van der Waals surface area contributed by atoms with Gasteiger partial charge >= 0.3 is 0 Å². The van der Waals surface area contributed by atoms with E-state index in [1.54, 1.807) is 0 Å². The summed E-state index contributed by atoms with van der Waals surface area (Å²) < 4.78 is 25.0. The molecule has 4 nitrogen and oxygen atoms in total. The summed E-state index contributed by atoms with van der Waals surface area (Å²) >= 11 is 0. The highest BCUT2D eigenvalue weighted by atomic mass is 32.2. The third kappa shape index (κ3) is 5.92. The van der Waals surface area contributed by atoms with Gasteiger partial charge in [-0.2, -0.15) is 4.31 Å². The zero-order valence-electron chi connectivity index (χ0n) is 9.57. The number of aliphatic hydroxyl groups excluding tert-OH is 1. The molecule has 0 aromatic heterocycles. The van der Waals surface area contributed by atoms with Crippen molar-refractivity contribution in [1.82, 2.24) is 4.31 Å². The second-order valence-corrected chi connectivity index (χ2v) is 5.72. The molecule has 0 heterocycles. The van der Waals surface area contributed by atoms with Crippen LogP contribution in [0.5, 0.6) is 0 Å². The SMILES string of the molecule is C=C(C)CN(CC)S(=O)(=O)CCCCO. The van der Waals surface area contributed by atoms with Gasteiger partial charge < -0.3 is 5.11 Å². The number of rotatable bonds is 8. The zero-order valence-corrected chi connectivity index (χ0v) is 10.4. The lowest BCUT2D eigenvalue weighted by atomic mass is 10.3. The molecule has 0 bridgehead atoms. The fraction of sp³-hybridized carbons (Fsp3) is 0.800. The molecule has 15 heavy (non-hydrogen) atoms. The van der Waals surface area contributed by atoms with Gasteiger partial charge in [-0.05, 0) is 19.8 Å². The van der Waals surface area contributed by atoms with E-state index in [0.717, 1.165) is 5.57 Å². The van der Waals surface area contributed by atoms with Crippen molar-refractivity contribution in [1.29, 1.82) is 0 Å². The summed E-state index contributed by atoms with van der Waals surface area (Å²) in [7, 11) is -3.18. The van der Waals surface area contributed by atoms with Crippen LogP contribution in [-0.2, 0) is 10.0 Å². The number of nitrogens with zero attached hydrogens (tertiary/aromatic N) is 1. The van der Waals surface area contributed by atoms with Crippen molar-refractivity contribution in [3.63, 3.8) is 0 Å². The topological polar surface area (TPSA) is 57.6 Å². The van der Waals surface area contributed by atoms with Crippen LogP contribution in [0.25, 0.3) is 0 Å². The molecule has 0 aromatic rings. The molecule has 0 rings (SSSR count). The molecule has 0 fully saturated rings. The van der Waals surface area contributed by atoms with E-state index in [9.17, 15) is 8.42 Å². The van der Waals surface area contributed by atoms with Crippen molar-refractivity contribution in [2.75, 3.05) is 25.4 Å². The Bertz CT molecular complexity index is 285. The molecular formula is C10H21NO3S. The smallest absolute Gasteiger partial charge is 0.214 e. The summed E-state index contributed by atoms with van der Waals surface area (Å²) in [6.45, 7) is 8.23. The van der Waals surface area contributed by atoms with E-state index in [1.807, 2.05) is 13.8 Å². The van der Waals surface area contributed by atoms with E-state index >= 15 is 0 Å². The van der Waals surface area contributed by atoms with Crippen molar-refractivity contribution < 1.29 is 13.5 Å². The maximum Gasteiger partial charge on any atom is 0.214 e. The van der Waals surface area contributed by atoms with Crippen LogP contribution in [0.4, 0.5) is 0 Å². The molecule has 0 aliphatic carbocycles. The summed E-state index contributed by atoms with van der Waals surface area (Å²) in [5.74, 6) is 0.106. The molecule has 0 radical (unpaired) electrons. The molecular weight excluding hydrogens is 214 g/mol. The maximum atomic E-state index is 11.8. The van der Waals surface area contributed by atoms with Gasteiger partial charge in [0.15, 0.2) is 0 Å². The van der Waals surface area contributed by atoms with Crippen molar-refractivity contribution in [3.8, 4) is 0 Å². The molecule has 90 valence electrons. The normalized spacial score (nSPS) is 12.0. The molecule has 0 spiro atoms. The Morgan fingerprint density at radius 2 is 2.00 bits per heavy atom. The predicted octanol–water partition coefficient (Wildman–Crippen LogP) is 0.987. The number of unbranched alkanes of at least 4 members (excludes halogenated alkanes) is 1. The highest BCUT2D eigenvalue weighted by molar-refractivity contribution is 7.89. The Balaban J connectivity index is 4.32. The molecule has 5 heteroatoms. The van der Waals surface area contributed by atoms with E-state index in [2.05, 4.69) is 6.58 Å². The quantitative estimate of drug-likeness (QED) is 0.504. The minimum Gasteiger partial charge on any atom is -0.396 e. The molecule has 0 unspecified atom stereocenters. The lowest BCUT2D eigenvalue weighted by Gasteiger charge is -2.20. The summed E-state index contributed by atoms with van der Waals surface area (Å²) in [6.07, 6.45) is 1.04. The van der Waals surface area contributed by atoms with Gasteiger partial charge in [0, 0.05) is 19.7 Å². The maximum absolute atomic E-state index is 11.8. The Kier molecular flexibility index (Phi) is 6.80. The van der Waals surface area contributed by atoms with Crippen LogP contribution in [-0.4, -0.2) is 43.3 Å². The third-order valence-corrected chi connectivity index (χ3v) is 3.98. The van der Waals surface area contributed by atoms with Gasteiger partial charge in [-0.15, -0.1) is 0 Å². The van der Waals surface area contributed by atoms with Gasteiger partial charge in [0.25, 0.3) is 0 Å². The van der Waals surface area contributed by atoms with Gasteiger partial charge in [0.2, 0.25) is 10.0 Å². The number of hydrogen-bond donors (Lipinski definition) is 1. The highest BCUT2D eigenvalue weighted by Crippen LogP contribution is 2.07. The lowest BCUT2D eigenvalue weighted by Crippen LogP contribution is -2.34. The summed E-state index contributed by atoms with van der Waals surface area (Å²) in [5, 5.41) is 8.58. The fourth-order valence-electron chi connectivity index (χ4n) is 1.23. The fourth-order valence-corrected chi connectivity index (χ4v) is 2.87. The van der Waals surface area contributed by atoms with E-state index in [4.69, 9.17) is 5.11 Å². The summed E-state index contributed by atoms with van der Waals surface area (Å²) in [5.41, 5.74) is 0.836. The standard InChI is InChI=1S/C10H21NO3S/c1-4-11(9-10(2)3)15(13,14)8-6-5-7-12/h12H,2,4-9H2,1,3H3. The minimum absolute atomic E-state index is 0.0438. The van der Waals surface area contributed by atoms with Crippen LogP contribution in [0, 0.1) is 0 Å². The first kappa shape index (κ1) is 14.6. The average molecular weight is 235 g/mol. The largest absolute Gasteiger partial charge is 0.396 e. The van der Waals surface area contributed by atoms with Crippen LogP contribution < -0.4 is 0 Å². The van der Waals surface area contributed by atoms with Gasteiger partial charge in [-0.1, -0.05) is 19.1 Å². The summed E-state index contributed by atoms with van der Waals surface area (Å²) in [4.78, 5) is 0. The molecule has 0 saturated carbocycles. The first-order valence-electron chi connectivity index (χ1n) is 5.17. The van der Waals surface area contributed by atoms with Crippen molar-refractivity contribution in [2.45, 2.75) is 26.7 Å². The minimum atomic E-state index is -3.18. The van der Waals surface area contributed by atoms with Crippen LogP contribution in [0.15, 0.2) is 12.2 Å². The van der Waals surface area contributed by atoms with Gasteiger partial charge in [0.05, 0.1) is 5.75 Å². The molecule has 1 N–H and O–H groups in total. The van der Waals surface area contributed by atoms with Crippen LogP contribution in [0.1, 0.15) is 26.7 Å². The zero-order chi connectivity index (χ0) is 11.9. The number of sulfonamides is 1. The van der Waals surface area contributed by atoms with Gasteiger partial charge in [-0.3, -0.25) is 0 Å². The van der Waals surface area contributed by atoms with E-state index < -0.39 is 10.0 Å². The monoisotopic (exact) mass is 235 g/mol. The first-order chi connectivity index (χ1) is 6.94. The molecule has 0 atom stereocenters. The van der Waals surface area contributed by atoms with Crippen LogP contribution >= 0.6 is 0 Å². The predicted molar refractivity (Wildman–Crippen MR) is 62.2 cm³/mol. The third-order valence-electron chi connectivity index (χ3n) is 2.00. The second-order valence-electron chi connectivity index (χ2n) is 3.63. The second kappa shape index (κ2) is 6.98. The Morgan fingerprint density at radius 3 is 2.40 bits per heavy atom. The van der Waals surface area contributed by atoms with Crippen LogP contribution in [0.2, 0.25) is 0 Å². The van der Waals surface area contributed by atoms with Crippen molar-refractivity contribution >= 4 is 10.0 Å². The first-order valence-corrected chi connectivity index (χ1v) is 6.78. The molecule has 0 aliphatic rings. The van der Waals surface area contributed by atoms with E-state index in [-0.39, 0.29) is 12.4 Å². The average Bonchev–Trinajstić information content (AvgIpc) is 2.14. The van der Waals surface area contributed by atoms with Crippen molar-refractivity contribution in [3.05, 3.63) is 12.2 Å². The Morgan fingerprint density at radius 1 is 1.40 bits per heavy atom. The van der Waals surface area contributed by atoms with Gasteiger partial charge in [-0.25, -0.2) is 8.42 Å². The van der Waals surface area contributed by atoms with Crippen LogP contribution in [0.3, 0.4) is 0 Å². The number of likely N-dealkylation sites (N-methyl/N-ethyl adjacent to an activating group) is 1. The van der Waals surface area contributed by atoms with Gasteiger partial charge in [0.1, 0.15) is 0 Å². The van der Waals surface area contributed by atoms with E-state index in [0.29, 0.717) is 25.9 Å². The highest BCUT2D eigenvalue weighted by Gasteiger charge is 2.19. The summed E-state index contributed by atoms with van der Waals surface area (Å²) in [6, 6.07) is 0. The molecule has 0 amide bonds. The number of aliphatic hydroxyl groups is 1. The molecule has 0 saturated heterocycles. The molecule has 0 aliphatic heterocycles. The molecule has 0 aromatic carbocycles. The lowest BCUT2D eigenvalue weighted by molar-refractivity contribution is 0.287.